The van der Waals surface area contributed by atoms with Gasteiger partial charge in [0.15, 0.2) is 5.58 Å². The summed E-state index contributed by atoms with van der Waals surface area (Å²) in [6.07, 6.45) is 3.83. The maximum Gasteiger partial charge on any atom is 0.417 e. The van der Waals surface area contributed by atoms with Crippen molar-refractivity contribution in [3.05, 3.63) is 70.2 Å². The average Bonchev–Trinajstić information content (AvgIpc) is 3.07. The zero-order chi connectivity index (χ0) is 18.8. The van der Waals surface area contributed by atoms with Crippen LogP contribution >= 0.6 is 0 Å². The topological polar surface area (TPSA) is 78.3 Å². The molecule has 3 N–H and O–H groups in total. The summed E-state index contributed by atoms with van der Waals surface area (Å²) in [4.78, 5) is 14.0. The van der Waals surface area contributed by atoms with Crippen molar-refractivity contribution < 1.29 is 9.52 Å². The van der Waals surface area contributed by atoms with Crippen molar-refractivity contribution >= 4 is 11.1 Å². The molecule has 0 saturated heterocycles. The minimum atomic E-state index is -0.497. The highest BCUT2D eigenvalue weighted by atomic mass is 16.4. The van der Waals surface area contributed by atoms with Crippen LogP contribution in [0.5, 0.6) is 0 Å². The summed E-state index contributed by atoms with van der Waals surface area (Å²) in [6, 6.07) is 16.3. The number of hydrogen-bond acceptors (Lipinski definition) is 4. The van der Waals surface area contributed by atoms with E-state index in [1.54, 1.807) is 0 Å². The van der Waals surface area contributed by atoms with Crippen LogP contribution in [0.4, 0.5) is 0 Å². The summed E-state index contributed by atoms with van der Waals surface area (Å²) in [5, 5.41) is 14.2. The van der Waals surface area contributed by atoms with E-state index in [1.165, 1.54) is 5.56 Å². The number of aliphatic hydroxyl groups excluding tert-OH is 1. The minimum Gasteiger partial charge on any atom is -0.408 e. The lowest BCUT2D eigenvalue weighted by Crippen LogP contribution is -2.41. The molecule has 1 saturated carbocycles. The Hall–Kier alpha value is -2.37. The lowest BCUT2D eigenvalue weighted by molar-refractivity contribution is 0.124. The van der Waals surface area contributed by atoms with Crippen molar-refractivity contribution in [3.63, 3.8) is 0 Å². The predicted octanol–water partition coefficient (Wildman–Crippen LogP) is 3.86. The molecule has 2 aromatic carbocycles. The van der Waals surface area contributed by atoms with Gasteiger partial charge in [-0.15, -0.1) is 0 Å². The van der Waals surface area contributed by atoms with E-state index in [-0.39, 0.29) is 6.04 Å². The molecule has 1 aromatic heterocycles. The van der Waals surface area contributed by atoms with Gasteiger partial charge in [-0.1, -0.05) is 36.4 Å². The van der Waals surface area contributed by atoms with Gasteiger partial charge < -0.3 is 14.8 Å². The van der Waals surface area contributed by atoms with E-state index in [4.69, 9.17) is 4.42 Å². The highest BCUT2D eigenvalue weighted by Crippen LogP contribution is 2.34. The molecule has 3 aromatic rings. The number of aliphatic hydroxyl groups is 1. The Morgan fingerprint density at radius 3 is 2.59 bits per heavy atom. The summed E-state index contributed by atoms with van der Waals surface area (Å²) < 4.78 is 5.19. The van der Waals surface area contributed by atoms with Crippen LogP contribution in [0.15, 0.2) is 57.7 Å². The van der Waals surface area contributed by atoms with E-state index >= 15 is 0 Å². The molecule has 27 heavy (non-hydrogen) atoms. The Balaban J connectivity index is 1.34. The smallest absolute Gasteiger partial charge is 0.408 e. The van der Waals surface area contributed by atoms with E-state index in [0.29, 0.717) is 17.5 Å². The van der Waals surface area contributed by atoms with Gasteiger partial charge in [0.2, 0.25) is 0 Å². The van der Waals surface area contributed by atoms with E-state index < -0.39 is 11.9 Å². The van der Waals surface area contributed by atoms with Crippen molar-refractivity contribution in [1.82, 2.24) is 10.3 Å². The van der Waals surface area contributed by atoms with Gasteiger partial charge in [-0.05, 0) is 61.8 Å². The first kappa shape index (κ1) is 18.0. The Morgan fingerprint density at radius 2 is 1.85 bits per heavy atom. The van der Waals surface area contributed by atoms with Gasteiger partial charge in [0.1, 0.15) is 0 Å². The van der Waals surface area contributed by atoms with Crippen LogP contribution in [0, 0.1) is 0 Å². The summed E-state index contributed by atoms with van der Waals surface area (Å²) in [7, 11) is 0. The van der Waals surface area contributed by atoms with E-state index in [9.17, 15) is 9.90 Å². The quantitative estimate of drug-likeness (QED) is 0.641. The lowest BCUT2D eigenvalue weighted by atomic mass is 9.81. The second kappa shape index (κ2) is 7.71. The molecular weight excluding hydrogens is 340 g/mol. The van der Waals surface area contributed by atoms with Crippen molar-refractivity contribution in [2.45, 2.75) is 56.7 Å². The van der Waals surface area contributed by atoms with Gasteiger partial charge in [-0.2, -0.15) is 0 Å². The van der Waals surface area contributed by atoms with Crippen molar-refractivity contribution in [2.75, 3.05) is 0 Å². The third kappa shape index (κ3) is 3.99. The van der Waals surface area contributed by atoms with Gasteiger partial charge >= 0.3 is 5.76 Å². The molecule has 1 heterocycles. The second-order valence-electron chi connectivity index (χ2n) is 7.63. The highest BCUT2D eigenvalue weighted by molar-refractivity contribution is 5.72. The van der Waals surface area contributed by atoms with Gasteiger partial charge in [0.05, 0.1) is 11.6 Å². The average molecular weight is 366 g/mol. The number of benzene rings is 2. The molecule has 0 radical (unpaired) electrons. The number of aromatic amines is 1. The summed E-state index contributed by atoms with van der Waals surface area (Å²) >= 11 is 0. The first-order chi connectivity index (χ1) is 13.1. The first-order valence-electron chi connectivity index (χ1n) is 9.72. The SMILES string of the molecule is CC(N[C@H]1CC[C@H](c2ccc3[nH]c(=O)oc3c2)CC1)C(O)c1ccccc1. The Labute approximate surface area is 158 Å². The number of fused-ring (bicyclic) bond motifs is 1. The molecule has 0 spiro atoms. The molecule has 2 atom stereocenters. The number of rotatable bonds is 5. The fourth-order valence-corrected chi connectivity index (χ4v) is 4.21. The molecule has 0 bridgehead atoms. The molecule has 2 unspecified atom stereocenters. The molecule has 0 aliphatic heterocycles. The molecule has 4 rings (SSSR count). The molecule has 1 fully saturated rings. The maximum atomic E-state index is 11.3. The van der Waals surface area contributed by atoms with Gasteiger partial charge in [0, 0.05) is 12.1 Å². The second-order valence-corrected chi connectivity index (χ2v) is 7.63. The van der Waals surface area contributed by atoms with Crippen LogP contribution in [0.2, 0.25) is 0 Å². The molecule has 5 heteroatoms. The van der Waals surface area contributed by atoms with Crippen molar-refractivity contribution in [1.29, 1.82) is 0 Å². The standard InChI is InChI=1S/C22H26N2O3/c1-14(21(25)16-5-3-2-4-6-16)23-18-10-7-15(8-11-18)17-9-12-19-20(13-17)27-22(26)24-19/h2-6,9,12-15,18,21,23,25H,7-8,10-11H2,1H3,(H,24,26)/t14?,15-,18-,21?. The molecule has 1 aliphatic carbocycles. The van der Waals surface area contributed by atoms with E-state index in [1.807, 2.05) is 49.4 Å². The van der Waals surface area contributed by atoms with Gasteiger partial charge in [0.25, 0.3) is 0 Å². The highest BCUT2D eigenvalue weighted by Gasteiger charge is 2.26. The van der Waals surface area contributed by atoms with Gasteiger partial charge in [-0.3, -0.25) is 4.98 Å². The summed E-state index contributed by atoms with van der Waals surface area (Å²) in [5.41, 5.74) is 3.58. The van der Waals surface area contributed by atoms with Crippen LogP contribution < -0.4 is 11.1 Å². The normalized spacial score (nSPS) is 22.6. The third-order valence-electron chi connectivity index (χ3n) is 5.76. The monoisotopic (exact) mass is 366 g/mol. The number of nitrogens with one attached hydrogen (secondary N) is 2. The van der Waals surface area contributed by atoms with E-state index in [0.717, 1.165) is 36.8 Å². The largest absolute Gasteiger partial charge is 0.417 e. The fraction of sp³-hybridized carbons (Fsp3) is 0.409. The van der Waals surface area contributed by atoms with E-state index in [2.05, 4.69) is 16.4 Å². The van der Waals surface area contributed by atoms with Crippen LogP contribution in [-0.2, 0) is 0 Å². The number of hydrogen-bond donors (Lipinski definition) is 3. The zero-order valence-corrected chi connectivity index (χ0v) is 15.5. The lowest BCUT2D eigenvalue weighted by Gasteiger charge is -2.33. The van der Waals surface area contributed by atoms with Crippen molar-refractivity contribution in [3.8, 4) is 0 Å². The van der Waals surface area contributed by atoms with Crippen LogP contribution in [0.3, 0.4) is 0 Å². The Bertz CT molecular complexity index is 939. The van der Waals surface area contributed by atoms with Gasteiger partial charge in [-0.25, -0.2) is 4.79 Å². The molecule has 0 amide bonds. The van der Waals surface area contributed by atoms with Crippen LogP contribution in [-0.4, -0.2) is 22.2 Å². The molecule has 142 valence electrons. The fourth-order valence-electron chi connectivity index (χ4n) is 4.21. The number of aromatic nitrogens is 1. The first-order valence-corrected chi connectivity index (χ1v) is 9.72. The Morgan fingerprint density at radius 1 is 1.11 bits per heavy atom. The van der Waals surface area contributed by atoms with Crippen LogP contribution in [0.25, 0.3) is 11.1 Å². The minimum absolute atomic E-state index is 0.0134. The summed E-state index contributed by atoms with van der Waals surface area (Å²) in [5.74, 6) is 0.0861. The molecule has 5 nitrogen and oxygen atoms in total. The number of H-pyrrole nitrogens is 1. The molecule has 1 aliphatic rings. The molecular formula is C22H26N2O3. The van der Waals surface area contributed by atoms with Crippen LogP contribution in [0.1, 0.15) is 55.8 Å². The Kier molecular flexibility index (Phi) is 5.14. The predicted molar refractivity (Wildman–Crippen MR) is 106 cm³/mol. The number of oxazole rings is 1. The van der Waals surface area contributed by atoms with Crippen molar-refractivity contribution in [2.24, 2.45) is 0 Å². The third-order valence-corrected chi connectivity index (χ3v) is 5.76. The zero-order valence-electron chi connectivity index (χ0n) is 15.5. The maximum absolute atomic E-state index is 11.3. The summed E-state index contributed by atoms with van der Waals surface area (Å²) in [6.45, 7) is 2.05.